The maximum atomic E-state index is 15.2. The average molecular weight is 652 g/mol. The number of amides is 2. The molecular formula is C30H37F4N5O5Si. The molecule has 0 unspecified atom stereocenters. The van der Waals surface area contributed by atoms with Crippen LogP contribution in [0.4, 0.5) is 17.6 Å². The van der Waals surface area contributed by atoms with Gasteiger partial charge in [0.15, 0.2) is 6.17 Å². The maximum Gasteiger partial charge on any atom is 0.573 e. The molecule has 1 aliphatic heterocycles. The monoisotopic (exact) mass is 651 g/mol. The molecule has 15 heteroatoms. The van der Waals surface area contributed by atoms with Gasteiger partial charge in [0.25, 0.3) is 5.91 Å². The van der Waals surface area contributed by atoms with Crippen molar-refractivity contribution in [3.05, 3.63) is 59.7 Å². The van der Waals surface area contributed by atoms with Gasteiger partial charge >= 0.3 is 6.36 Å². The lowest BCUT2D eigenvalue weighted by molar-refractivity contribution is -0.274. The fraction of sp³-hybridized carbons (Fsp3) is 0.467. The molecule has 0 saturated carbocycles. The van der Waals surface area contributed by atoms with Crippen molar-refractivity contribution in [3.63, 3.8) is 0 Å². The van der Waals surface area contributed by atoms with Gasteiger partial charge in [-0.1, -0.05) is 31.8 Å². The van der Waals surface area contributed by atoms with E-state index < -0.39 is 44.3 Å². The van der Waals surface area contributed by atoms with Crippen molar-refractivity contribution in [3.8, 4) is 22.9 Å². The maximum absolute atomic E-state index is 15.2. The molecule has 2 aromatic heterocycles. The smallest absolute Gasteiger partial charge is 0.471 e. The zero-order valence-corrected chi connectivity index (χ0v) is 26.6. The Morgan fingerprint density at radius 2 is 1.87 bits per heavy atom. The number of hydrogen-bond acceptors (Lipinski definition) is 7. The molecule has 2 N–H and O–H groups in total. The highest BCUT2D eigenvalue weighted by Crippen LogP contribution is 2.28. The van der Waals surface area contributed by atoms with Crippen molar-refractivity contribution in [2.75, 3.05) is 19.7 Å². The van der Waals surface area contributed by atoms with Crippen LogP contribution in [0.25, 0.3) is 11.3 Å². The van der Waals surface area contributed by atoms with Gasteiger partial charge in [-0.25, -0.2) is 14.4 Å². The number of benzene rings is 1. The summed E-state index contributed by atoms with van der Waals surface area (Å²) in [5.74, 6) is -1.00. The number of ether oxygens (including phenoxy) is 3. The number of aromatic nitrogens is 3. The van der Waals surface area contributed by atoms with Crippen LogP contribution in [0.1, 0.15) is 28.2 Å². The summed E-state index contributed by atoms with van der Waals surface area (Å²) >= 11 is 0. The van der Waals surface area contributed by atoms with Gasteiger partial charge in [0.1, 0.15) is 30.0 Å². The SMILES string of the molecule is Cc1nc(-c2cnc(O[C@@H]3CCN(C(=O)Cc4ccc(OC(F)(F)F)cc4)C[C@@H]3F)c(C(N)=O)c2)cn1COCC[Si](C)(C)C. The molecule has 2 amide bonds. The fourth-order valence-electron chi connectivity index (χ4n) is 4.66. The second-order valence-electron chi connectivity index (χ2n) is 12.1. The Kier molecular flexibility index (Phi) is 10.5. The first kappa shape index (κ1) is 33.9. The number of piperidine rings is 1. The van der Waals surface area contributed by atoms with Crippen molar-refractivity contribution in [1.29, 1.82) is 0 Å². The molecule has 1 fully saturated rings. The molecule has 4 rings (SSSR count). The van der Waals surface area contributed by atoms with Gasteiger partial charge in [-0.2, -0.15) is 0 Å². The minimum atomic E-state index is -4.82. The lowest BCUT2D eigenvalue weighted by Crippen LogP contribution is -2.49. The van der Waals surface area contributed by atoms with Crippen molar-refractivity contribution in [1.82, 2.24) is 19.4 Å². The summed E-state index contributed by atoms with van der Waals surface area (Å²) in [4.78, 5) is 35.2. The van der Waals surface area contributed by atoms with E-state index in [4.69, 9.17) is 15.2 Å². The third-order valence-electron chi connectivity index (χ3n) is 7.22. The van der Waals surface area contributed by atoms with Crippen LogP contribution in [0.2, 0.25) is 25.7 Å². The topological polar surface area (TPSA) is 122 Å². The number of aryl methyl sites for hydroxylation is 1. The lowest BCUT2D eigenvalue weighted by Gasteiger charge is -2.34. The summed E-state index contributed by atoms with van der Waals surface area (Å²) in [5, 5.41) is 0. The fourth-order valence-corrected chi connectivity index (χ4v) is 5.42. The number of primary amides is 1. The molecule has 0 spiro atoms. The number of pyridine rings is 1. The zero-order chi connectivity index (χ0) is 32.9. The first-order valence-electron chi connectivity index (χ1n) is 14.4. The Morgan fingerprint density at radius 3 is 2.49 bits per heavy atom. The lowest BCUT2D eigenvalue weighted by atomic mass is 10.0. The highest BCUT2D eigenvalue weighted by Gasteiger charge is 2.34. The number of imidazole rings is 1. The van der Waals surface area contributed by atoms with Crippen LogP contribution in [-0.2, 0) is 22.7 Å². The van der Waals surface area contributed by atoms with Gasteiger partial charge in [0.2, 0.25) is 11.8 Å². The largest absolute Gasteiger partial charge is 0.573 e. The Hall–Kier alpha value is -3.98. The normalized spacial score (nSPS) is 17.3. The summed E-state index contributed by atoms with van der Waals surface area (Å²) in [6.07, 6.45) is -4.14. The number of halogens is 4. The van der Waals surface area contributed by atoms with E-state index in [0.29, 0.717) is 36.0 Å². The van der Waals surface area contributed by atoms with Crippen molar-refractivity contribution in [2.45, 2.75) is 70.8 Å². The molecule has 0 aliphatic carbocycles. The Labute approximate surface area is 259 Å². The van der Waals surface area contributed by atoms with Gasteiger partial charge in [0.05, 0.1) is 18.7 Å². The van der Waals surface area contributed by atoms with Gasteiger partial charge in [-0.15, -0.1) is 13.2 Å². The molecule has 3 aromatic rings. The number of nitrogens with two attached hydrogens (primary N) is 1. The molecule has 0 bridgehead atoms. The minimum Gasteiger partial charge on any atom is -0.471 e. The van der Waals surface area contributed by atoms with Crippen LogP contribution < -0.4 is 15.2 Å². The Bertz CT molecular complexity index is 1490. The number of carbonyl (C=O) groups is 2. The van der Waals surface area contributed by atoms with E-state index in [0.717, 1.165) is 18.2 Å². The summed E-state index contributed by atoms with van der Waals surface area (Å²) < 4.78 is 69.6. The molecule has 1 saturated heterocycles. The zero-order valence-electron chi connectivity index (χ0n) is 25.6. The van der Waals surface area contributed by atoms with E-state index in [2.05, 4.69) is 34.3 Å². The van der Waals surface area contributed by atoms with Crippen LogP contribution in [0.3, 0.4) is 0 Å². The molecular weight excluding hydrogens is 614 g/mol. The second-order valence-corrected chi connectivity index (χ2v) is 17.7. The summed E-state index contributed by atoms with van der Waals surface area (Å²) in [6.45, 7) is 9.57. The van der Waals surface area contributed by atoms with Crippen molar-refractivity contribution < 1.29 is 41.4 Å². The van der Waals surface area contributed by atoms with Gasteiger partial charge in [-0.05, 0) is 36.7 Å². The number of carbonyl (C=O) groups excluding carboxylic acids is 2. The highest BCUT2D eigenvalue weighted by atomic mass is 28.3. The molecule has 1 aromatic carbocycles. The van der Waals surface area contributed by atoms with Gasteiger partial charge in [-0.3, -0.25) is 9.59 Å². The molecule has 244 valence electrons. The van der Waals surface area contributed by atoms with Crippen LogP contribution >= 0.6 is 0 Å². The predicted molar refractivity (Wildman–Crippen MR) is 160 cm³/mol. The number of hydrogen-bond donors (Lipinski definition) is 1. The van der Waals surface area contributed by atoms with E-state index >= 15 is 4.39 Å². The Balaban J connectivity index is 1.35. The predicted octanol–water partition coefficient (Wildman–Crippen LogP) is 5.12. The van der Waals surface area contributed by atoms with E-state index in [1.165, 1.54) is 29.3 Å². The molecule has 2 atom stereocenters. The average Bonchev–Trinajstić information content (AvgIpc) is 3.32. The van der Waals surface area contributed by atoms with Crippen molar-refractivity contribution in [2.24, 2.45) is 5.73 Å². The first-order valence-corrected chi connectivity index (χ1v) is 18.1. The minimum absolute atomic E-state index is 0.0326. The van der Waals surface area contributed by atoms with Crippen LogP contribution in [0.15, 0.2) is 42.7 Å². The van der Waals surface area contributed by atoms with Gasteiger partial charge in [0, 0.05) is 45.6 Å². The molecule has 10 nitrogen and oxygen atoms in total. The summed E-state index contributed by atoms with van der Waals surface area (Å²) in [6, 6.07) is 7.45. The number of alkyl halides is 4. The standard InChI is InChI=1S/C30H37F4N5O5Si/c1-19-37-25(17-39(19)18-42-11-12-45(2,3)4)21-14-23(28(35)41)29(36-15-21)43-26-9-10-38(16-24(26)31)27(40)13-20-5-7-22(8-6-20)44-30(32,33)34/h5-8,14-15,17,24,26H,9-13,16,18H2,1-4H3,(H2,35,41)/t24-,26+/m0/s1. The number of rotatable bonds is 12. The van der Waals surface area contributed by atoms with Crippen molar-refractivity contribution >= 4 is 19.9 Å². The number of nitrogens with zero attached hydrogens (tertiary/aromatic N) is 4. The van der Waals surface area contributed by atoms with E-state index in [9.17, 15) is 22.8 Å². The number of likely N-dealkylation sites (tertiary alicyclic amines) is 1. The van der Waals surface area contributed by atoms with Crippen LogP contribution in [-0.4, -0.2) is 77.7 Å². The highest BCUT2D eigenvalue weighted by molar-refractivity contribution is 6.76. The summed E-state index contributed by atoms with van der Waals surface area (Å²) in [7, 11) is -1.22. The van der Waals surface area contributed by atoms with Gasteiger partial charge < -0.3 is 29.4 Å². The molecule has 1 aliphatic rings. The molecule has 3 heterocycles. The first-order chi connectivity index (χ1) is 21.1. The van der Waals surface area contributed by atoms with Crippen LogP contribution in [0, 0.1) is 6.92 Å². The third-order valence-corrected chi connectivity index (χ3v) is 8.93. The third kappa shape index (κ3) is 9.75. The van der Waals surface area contributed by atoms with E-state index in [-0.39, 0.29) is 37.4 Å². The quantitative estimate of drug-likeness (QED) is 0.164. The van der Waals surface area contributed by atoms with Crippen LogP contribution in [0.5, 0.6) is 11.6 Å². The van der Waals surface area contributed by atoms with E-state index in [1.807, 2.05) is 11.5 Å². The Morgan fingerprint density at radius 1 is 1.16 bits per heavy atom. The summed E-state index contributed by atoms with van der Waals surface area (Å²) in [5.41, 5.74) is 7.11. The molecule has 45 heavy (non-hydrogen) atoms. The second kappa shape index (κ2) is 14.0. The van der Waals surface area contributed by atoms with E-state index in [1.54, 1.807) is 6.20 Å². The molecule has 0 radical (unpaired) electrons.